The highest BCUT2D eigenvalue weighted by Gasteiger charge is 2.19. The predicted molar refractivity (Wildman–Crippen MR) is 75.2 cm³/mol. The molecule has 0 fully saturated rings. The van der Waals surface area contributed by atoms with Gasteiger partial charge < -0.3 is 9.84 Å². The molecule has 1 aromatic carbocycles. The summed E-state index contributed by atoms with van der Waals surface area (Å²) in [5.74, 6) is -1.03. The molecular formula is C12H9Cl2NO3S. The van der Waals surface area contributed by atoms with Crippen molar-refractivity contribution in [2.75, 3.05) is 7.11 Å². The average Bonchev–Trinajstić information content (AvgIpc) is 2.77. The number of benzene rings is 1. The van der Waals surface area contributed by atoms with Crippen molar-refractivity contribution in [3.05, 3.63) is 38.8 Å². The van der Waals surface area contributed by atoms with Crippen molar-refractivity contribution in [3.63, 3.8) is 0 Å². The maximum Gasteiger partial charge on any atom is 0.347 e. The summed E-state index contributed by atoms with van der Waals surface area (Å²) in [4.78, 5) is 15.6. The zero-order valence-corrected chi connectivity index (χ0v) is 12.1. The van der Waals surface area contributed by atoms with Crippen molar-refractivity contribution in [1.29, 1.82) is 0 Å². The molecule has 7 heteroatoms. The largest absolute Gasteiger partial charge is 0.477 e. The van der Waals surface area contributed by atoms with Crippen molar-refractivity contribution in [2.24, 2.45) is 0 Å². The fraction of sp³-hybridized carbons (Fsp3) is 0.167. The Kier molecular flexibility index (Phi) is 4.42. The van der Waals surface area contributed by atoms with Gasteiger partial charge in [0.15, 0.2) is 0 Å². The van der Waals surface area contributed by atoms with Crippen LogP contribution in [0.2, 0.25) is 10.0 Å². The molecule has 0 atom stereocenters. The zero-order valence-electron chi connectivity index (χ0n) is 9.81. The Balaban J connectivity index is 2.53. The molecule has 0 bridgehead atoms. The first-order valence-corrected chi connectivity index (χ1v) is 6.77. The van der Waals surface area contributed by atoms with E-state index in [1.807, 2.05) is 0 Å². The summed E-state index contributed by atoms with van der Waals surface area (Å²) in [5.41, 5.74) is 0.995. The average molecular weight is 318 g/mol. The van der Waals surface area contributed by atoms with Crippen molar-refractivity contribution in [2.45, 2.75) is 6.61 Å². The van der Waals surface area contributed by atoms with Crippen LogP contribution in [0.1, 0.15) is 15.4 Å². The van der Waals surface area contributed by atoms with Gasteiger partial charge in [-0.15, -0.1) is 11.3 Å². The summed E-state index contributed by atoms with van der Waals surface area (Å²) in [6.07, 6.45) is 0. The second kappa shape index (κ2) is 5.88. The number of carbonyl (C=O) groups is 1. The number of nitrogens with zero attached hydrogens (tertiary/aromatic N) is 1. The third kappa shape index (κ3) is 3.06. The van der Waals surface area contributed by atoms with E-state index >= 15 is 0 Å². The minimum Gasteiger partial charge on any atom is -0.477 e. The van der Waals surface area contributed by atoms with E-state index in [0.717, 1.165) is 11.3 Å². The predicted octanol–water partition coefficient (Wildman–Crippen LogP) is 3.96. The number of halogens is 2. The maximum absolute atomic E-state index is 11.1. The van der Waals surface area contributed by atoms with Crippen molar-refractivity contribution in [1.82, 2.24) is 4.98 Å². The van der Waals surface area contributed by atoms with Crippen LogP contribution < -0.4 is 0 Å². The quantitative estimate of drug-likeness (QED) is 0.927. The molecule has 0 unspecified atom stereocenters. The topological polar surface area (TPSA) is 59.4 Å². The molecule has 0 saturated heterocycles. The molecule has 0 aliphatic rings. The van der Waals surface area contributed by atoms with Crippen LogP contribution in [0.25, 0.3) is 10.6 Å². The Morgan fingerprint density at radius 3 is 2.84 bits per heavy atom. The lowest BCUT2D eigenvalue weighted by Gasteiger charge is -2.00. The van der Waals surface area contributed by atoms with Gasteiger partial charge in [0.05, 0.1) is 17.3 Å². The van der Waals surface area contributed by atoms with E-state index in [-0.39, 0.29) is 11.5 Å². The van der Waals surface area contributed by atoms with E-state index in [9.17, 15) is 4.79 Å². The van der Waals surface area contributed by atoms with E-state index < -0.39 is 5.97 Å². The van der Waals surface area contributed by atoms with Crippen LogP contribution in [0, 0.1) is 0 Å². The molecule has 0 radical (unpaired) electrons. The second-order valence-corrected chi connectivity index (χ2v) is 5.50. The van der Waals surface area contributed by atoms with Gasteiger partial charge in [0.2, 0.25) is 0 Å². The minimum atomic E-state index is -1.03. The molecule has 100 valence electrons. The molecule has 1 heterocycles. The van der Waals surface area contributed by atoms with Gasteiger partial charge in [0.25, 0.3) is 0 Å². The maximum atomic E-state index is 11.1. The van der Waals surface area contributed by atoms with Crippen LogP contribution in [0.5, 0.6) is 0 Å². The van der Waals surface area contributed by atoms with Gasteiger partial charge >= 0.3 is 5.97 Å². The third-order valence-corrected chi connectivity index (χ3v) is 4.02. The van der Waals surface area contributed by atoms with Gasteiger partial charge in [-0.1, -0.05) is 23.2 Å². The van der Waals surface area contributed by atoms with Crippen LogP contribution >= 0.6 is 34.5 Å². The van der Waals surface area contributed by atoms with Crippen LogP contribution in [0.4, 0.5) is 0 Å². The van der Waals surface area contributed by atoms with Crippen LogP contribution in [-0.4, -0.2) is 23.2 Å². The Morgan fingerprint density at radius 1 is 1.47 bits per heavy atom. The van der Waals surface area contributed by atoms with Crippen LogP contribution in [-0.2, 0) is 11.3 Å². The third-order valence-electron chi connectivity index (χ3n) is 2.33. The summed E-state index contributed by atoms with van der Waals surface area (Å²) in [6, 6.07) is 4.97. The smallest absolute Gasteiger partial charge is 0.347 e. The number of hydrogen-bond donors (Lipinski definition) is 1. The SMILES string of the molecule is COCc1nc(-c2cc(Cl)ccc2Cl)sc1C(=O)O. The first kappa shape index (κ1) is 14.3. The van der Waals surface area contributed by atoms with Gasteiger partial charge in [0.1, 0.15) is 9.88 Å². The number of aromatic carboxylic acids is 1. The Bertz CT molecular complexity index is 627. The first-order chi connectivity index (χ1) is 9.02. The van der Waals surface area contributed by atoms with Crippen LogP contribution in [0.3, 0.4) is 0 Å². The fourth-order valence-electron chi connectivity index (χ4n) is 1.53. The van der Waals surface area contributed by atoms with Crippen LogP contribution in [0.15, 0.2) is 18.2 Å². The number of rotatable bonds is 4. The number of hydrogen-bond acceptors (Lipinski definition) is 4. The fourth-order valence-corrected chi connectivity index (χ4v) is 2.90. The van der Waals surface area contributed by atoms with E-state index in [4.69, 9.17) is 33.0 Å². The normalized spacial score (nSPS) is 10.7. The minimum absolute atomic E-state index is 0.135. The Labute approximate surface area is 123 Å². The first-order valence-electron chi connectivity index (χ1n) is 5.20. The van der Waals surface area contributed by atoms with Gasteiger partial charge in [-0.2, -0.15) is 0 Å². The lowest BCUT2D eigenvalue weighted by molar-refractivity contribution is 0.0697. The summed E-state index contributed by atoms with van der Waals surface area (Å²) in [5, 5.41) is 10.6. The lowest BCUT2D eigenvalue weighted by Crippen LogP contribution is -1.99. The van der Waals surface area contributed by atoms with Crippen molar-refractivity contribution in [3.8, 4) is 10.6 Å². The summed E-state index contributed by atoms with van der Waals surface area (Å²) in [6.45, 7) is 0.135. The number of methoxy groups -OCH3 is 1. The molecule has 0 aliphatic carbocycles. The Morgan fingerprint density at radius 2 is 2.21 bits per heavy atom. The molecule has 0 saturated carbocycles. The molecule has 1 N–H and O–H groups in total. The van der Waals surface area contributed by atoms with Gasteiger partial charge in [-0.05, 0) is 18.2 Å². The number of aromatic nitrogens is 1. The number of ether oxygens (including phenoxy) is 1. The number of carboxylic acids is 1. The monoisotopic (exact) mass is 317 g/mol. The molecule has 0 spiro atoms. The molecule has 1 aromatic heterocycles. The standard InChI is InChI=1S/C12H9Cl2NO3S/c1-18-5-9-10(12(16)17)19-11(15-9)7-4-6(13)2-3-8(7)14/h2-4H,5H2,1H3,(H,16,17). The molecule has 0 amide bonds. The van der Waals surface area contributed by atoms with E-state index in [2.05, 4.69) is 4.98 Å². The summed E-state index contributed by atoms with van der Waals surface area (Å²) >= 11 is 13.0. The van der Waals surface area contributed by atoms with E-state index in [1.165, 1.54) is 7.11 Å². The second-order valence-electron chi connectivity index (χ2n) is 3.66. The summed E-state index contributed by atoms with van der Waals surface area (Å²) in [7, 11) is 1.48. The molecule has 2 aromatic rings. The van der Waals surface area contributed by atoms with Gasteiger partial charge in [-0.25, -0.2) is 9.78 Å². The number of thiazole rings is 1. The highest BCUT2D eigenvalue weighted by Crippen LogP contribution is 2.35. The highest BCUT2D eigenvalue weighted by molar-refractivity contribution is 7.17. The van der Waals surface area contributed by atoms with E-state index in [1.54, 1.807) is 18.2 Å². The molecular weight excluding hydrogens is 309 g/mol. The summed E-state index contributed by atoms with van der Waals surface area (Å²) < 4.78 is 4.94. The Hall–Kier alpha value is -1.14. The lowest BCUT2D eigenvalue weighted by atomic mass is 10.2. The van der Waals surface area contributed by atoms with E-state index in [0.29, 0.717) is 26.3 Å². The zero-order chi connectivity index (χ0) is 14.0. The molecule has 19 heavy (non-hydrogen) atoms. The van der Waals surface area contributed by atoms with Gasteiger partial charge in [-0.3, -0.25) is 0 Å². The van der Waals surface area contributed by atoms with Gasteiger partial charge in [0, 0.05) is 17.7 Å². The molecule has 2 rings (SSSR count). The highest BCUT2D eigenvalue weighted by atomic mass is 35.5. The molecule has 4 nitrogen and oxygen atoms in total. The number of carboxylic acid groups (broad SMARTS) is 1. The molecule has 0 aliphatic heterocycles. The van der Waals surface area contributed by atoms with Crippen molar-refractivity contribution >= 4 is 40.5 Å². The van der Waals surface area contributed by atoms with Crippen molar-refractivity contribution < 1.29 is 14.6 Å².